The predicted octanol–water partition coefficient (Wildman–Crippen LogP) is 0.134. The molecular formula is C15H22FN2O2+. The van der Waals surface area contributed by atoms with Crippen LogP contribution in [0.5, 0.6) is 0 Å². The molecule has 1 aliphatic heterocycles. The molecule has 110 valence electrons. The van der Waals surface area contributed by atoms with Gasteiger partial charge in [-0.25, -0.2) is 4.39 Å². The van der Waals surface area contributed by atoms with Gasteiger partial charge in [0.05, 0.1) is 0 Å². The number of nitrogens with one attached hydrogen (secondary N) is 2. The van der Waals surface area contributed by atoms with Crippen molar-refractivity contribution in [3.8, 4) is 0 Å². The third-order valence-corrected chi connectivity index (χ3v) is 3.46. The van der Waals surface area contributed by atoms with Crippen molar-refractivity contribution >= 4 is 5.91 Å². The van der Waals surface area contributed by atoms with E-state index in [2.05, 4.69) is 5.32 Å². The minimum atomic E-state index is -0.284. The summed E-state index contributed by atoms with van der Waals surface area (Å²) in [6.07, 6.45) is 0.348. The Bertz CT molecular complexity index is 457. The quantitative estimate of drug-likeness (QED) is 0.824. The van der Waals surface area contributed by atoms with Gasteiger partial charge in [0.1, 0.15) is 31.1 Å². The largest absolute Gasteiger partial charge is 0.364 e. The van der Waals surface area contributed by atoms with Crippen molar-refractivity contribution in [1.29, 1.82) is 0 Å². The molecule has 1 fully saturated rings. The van der Waals surface area contributed by atoms with E-state index < -0.39 is 0 Å². The van der Waals surface area contributed by atoms with E-state index in [1.165, 1.54) is 11.0 Å². The first kappa shape index (κ1) is 14.9. The molecule has 20 heavy (non-hydrogen) atoms. The van der Waals surface area contributed by atoms with Crippen molar-refractivity contribution in [3.05, 3.63) is 35.6 Å². The number of rotatable bonds is 4. The Kier molecular flexibility index (Phi) is 5.09. The topological polar surface area (TPSA) is 42.8 Å². The van der Waals surface area contributed by atoms with Crippen molar-refractivity contribution in [2.45, 2.75) is 32.6 Å². The summed E-state index contributed by atoms with van der Waals surface area (Å²) in [6.45, 7) is 6.35. The number of hydrogen-bond donors (Lipinski definition) is 2. The Balaban J connectivity index is 1.79. The van der Waals surface area contributed by atoms with Gasteiger partial charge in [-0.1, -0.05) is 18.2 Å². The van der Waals surface area contributed by atoms with Crippen molar-refractivity contribution in [1.82, 2.24) is 5.32 Å². The third kappa shape index (κ3) is 4.28. The Hall–Kier alpha value is -1.46. The first-order valence-corrected chi connectivity index (χ1v) is 7.03. The fourth-order valence-corrected chi connectivity index (χ4v) is 2.66. The minimum absolute atomic E-state index is 0.0513. The van der Waals surface area contributed by atoms with Crippen LogP contribution in [0.2, 0.25) is 0 Å². The van der Waals surface area contributed by atoms with Crippen molar-refractivity contribution < 1.29 is 18.8 Å². The molecule has 1 amide bonds. The van der Waals surface area contributed by atoms with E-state index in [9.17, 15) is 9.18 Å². The molecule has 4 nitrogen and oxygen atoms in total. The van der Waals surface area contributed by atoms with Gasteiger partial charge in [-0.2, -0.15) is 0 Å². The van der Waals surface area contributed by atoms with Gasteiger partial charge >= 0.3 is 0 Å². The molecule has 1 saturated heterocycles. The van der Waals surface area contributed by atoms with Crippen molar-refractivity contribution in [2.75, 3.05) is 19.6 Å². The average Bonchev–Trinajstić information content (AvgIpc) is 2.36. The van der Waals surface area contributed by atoms with Gasteiger partial charge in [-0.05, 0) is 19.9 Å². The van der Waals surface area contributed by atoms with Crippen LogP contribution in [0.25, 0.3) is 0 Å². The number of quaternary nitrogens is 1. The summed E-state index contributed by atoms with van der Waals surface area (Å²) in [5.41, 5.74) is 0.513. The number of benzene rings is 1. The summed E-state index contributed by atoms with van der Waals surface area (Å²) < 4.78 is 19.1. The highest BCUT2D eigenvalue weighted by Crippen LogP contribution is 2.05. The van der Waals surface area contributed by atoms with Crippen LogP contribution < -0.4 is 10.2 Å². The number of carbonyl (C=O) groups excluding carboxylic acids is 1. The number of hydrogen-bond acceptors (Lipinski definition) is 2. The SMILES string of the molecule is C[C@@H]1C[NH+](CC(=O)NCc2ccccc2F)C[C@H](C)O1. The Morgan fingerprint density at radius 2 is 2.00 bits per heavy atom. The maximum atomic E-state index is 13.4. The average molecular weight is 281 g/mol. The van der Waals surface area contributed by atoms with Crippen LogP contribution in [0, 0.1) is 5.82 Å². The molecule has 2 rings (SSSR count). The molecule has 0 aliphatic carbocycles. The molecule has 1 heterocycles. The zero-order chi connectivity index (χ0) is 14.5. The third-order valence-electron chi connectivity index (χ3n) is 3.46. The molecule has 1 aromatic carbocycles. The van der Waals surface area contributed by atoms with Gasteiger partial charge in [0.25, 0.3) is 5.91 Å². The molecule has 0 saturated carbocycles. The normalized spacial score (nSPS) is 26.2. The maximum absolute atomic E-state index is 13.4. The lowest BCUT2D eigenvalue weighted by molar-refractivity contribution is -0.907. The van der Waals surface area contributed by atoms with Crippen molar-refractivity contribution in [2.24, 2.45) is 0 Å². The Morgan fingerprint density at radius 3 is 2.65 bits per heavy atom. The lowest BCUT2D eigenvalue weighted by Crippen LogP contribution is -3.16. The first-order chi connectivity index (χ1) is 9.54. The predicted molar refractivity (Wildman–Crippen MR) is 73.8 cm³/mol. The molecule has 3 atom stereocenters. The maximum Gasteiger partial charge on any atom is 0.275 e. The van der Waals surface area contributed by atoms with Gasteiger partial charge in [-0.3, -0.25) is 4.79 Å². The van der Waals surface area contributed by atoms with Crippen LogP contribution in [-0.2, 0) is 16.1 Å². The zero-order valence-corrected chi connectivity index (χ0v) is 12.0. The summed E-state index contributed by atoms with van der Waals surface area (Å²) in [6, 6.07) is 6.49. The van der Waals surface area contributed by atoms with Gasteiger partial charge in [-0.15, -0.1) is 0 Å². The van der Waals surface area contributed by atoms with Crippen molar-refractivity contribution in [3.63, 3.8) is 0 Å². The number of ether oxygens (including phenoxy) is 1. The molecule has 0 aromatic heterocycles. The van der Waals surface area contributed by atoms with Crippen LogP contribution in [0.4, 0.5) is 4.39 Å². The molecule has 0 spiro atoms. The lowest BCUT2D eigenvalue weighted by Gasteiger charge is -2.31. The molecule has 0 bridgehead atoms. The second kappa shape index (κ2) is 6.81. The summed E-state index contributed by atoms with van der Waals surface area (Å²) in [4.78, 5) is 13.1. The smallest absolute Gasteiger partial charge is 0.275 e. The highest BCUT2D eigenvalue weighted by molar-refractivity contribution is 5.76. The molecular weight excluding hydrogens is 259 g/mol. The molecule has 1 aliphatic rings. The number of carbonyl (C=O) groups is 1. The standard InChI is InChI=1S/C15H21FN2O2/c1-11-8-18(9-12(2)20-11)10-15(19)17-7-13-5-3-4-6-14(13)16/h3-6,11-12H,7-10H2,1-2H3,(H,17,19)/p+1/t11-,12+. The number of halogens is 1. The van der Waals surface area contributed by atoms with Gasteiger partial charge in [0.2, 0.25) is 0 Å². The molecule has 1 aromatic rings. The van der Waals surface area contributed by atoms with Gasteiger partial charge < -0.3 is 15.0 Å². The lowest BCUT2D eigenvalue weighted by atomic mass is 10.2. The van der Waals surface area contributed by atoms with Gasteiger partial charge in [0.15, 0.2) is 6.54 Å². The molecule has 0 radical (unpaired) electrons. The van der Waals surface area contributed by atoms with E-state index in [0.29, 0.717) is 12.1 Å². The molecule has 1 unspecified atom stereocenters. The van der Waals surface area contributed by atoms with E-state index in [0.717, 1.165) is 13.1 Å². The number of amides is 1. The summed E-state index contributed by atoms with van der Waals surface area (Å²) in [5, 5.41) is 2.78. The van der Waals surface area contributed by atoms with E-state index in [1.54, 1.807) is 18.2 Å². The van der Waals surface area contributed by atoms with Crippen LogP contribution in [0.1, 0.15) is 19.4 Å². The van der Waals surface area contributed by atoms with Crippen LogP contribution in [0.3, 0.4) is 0 Å². The van der Waals surface area contributed by atoms with E-state index >= 15 is 0 Å². The molecule has 5 heteroatoms. The zero-order valence-electron chi connectivity index (χ0n) is 12.0. The highest BCUT2D eigenvalue weighted by atomic mass is 19.1. The summed E-state index contributed by atoms with van der Waals surface area (Å²) >= 11 is 0. The minimum Gasteiger partial charge on any atom is -0.364 e. The first-order valence-electron chi connectivity index (χ1n) is 7.03. The van der Waals surface area contributed by atoms with Crippen LogP contribution in [0.15, 0.2) is 24.3 Å². The van der Waals surface area contributed by atoms with E-state index in [1.807, 2.05) is 13.8 Å². The number of morpholine rings is 1. The monoisotopic (exact) mass is 281 g/mol. The summed E-state index contributed by atoms with van der Waals surface area (Å²) in [7, 11) is 0. The fourth-order valence-electron chi connectivity index (χ4n) is 2.66. The second-order valence-electron chi connectivity index (χ2n) is 5.46. The van der Waals surface area contributed by atoms with E-state index in [-0.39, 0.29) is 30.5 Å². The Morgan fingerprint density at radius 1 is 1.35 bits per heavy atom. The highest BCUT2D eigenvalue weighted by Gasteiger charge is 2.26. The van der Waals surface area contributed by atoms with Crippen LogP contribution >= 0.6 is 0 Å². The van der Waals surface area contributed by atoms with Crippen LogP contribution in [-0.4, -0.2) is 37.7 Å². The van der Waals surface area contributed by atoms with Gasteiger partial charge in [0, 0.05) is 12.1 Å². The Labute approximate surface area is 118 Å². The summed E-state index contributed by atoms with van der Waals surface area (Å²) in [5.74, 6) is -0.335. The van der Waals surface area contributed by atoms with E-state index in [4.69, 9.17) is 4.74 Å². The second-order valence-corrected chi connectivity index (χ2v) is 5.46. The fraction of sp³-hybridized carbons (Fsp3) is 0.533. The molecule has 2 N–H and O–H groups in total.